The Kier molecular flexibility index (Phi) is 3.82. The van der Waals surface area contributed by atoms with E-state index in [2.05, 4.69) is 43.2 Å². The number of hydrogen-bond donors (Lipinski definition) is 1. The zero-order valence-corrected chi connectivity index (χ0v) is 11.3. The third-order valence-electron chi connectivity index (χ3n) is 3.91. The third kappa shape index (κ3) is 2.86. The van der Waals surface area contributed by atoms with Gasteiger partial charge in [0, 0.05) is 18.5 Å². The van der Waals surface area contributed by atoms with Crippen molar-refractivity contribution in [1.29, 1.82) is 0 Å². The number of nitrogens with one attached hydrogen (secondary N) is 1. The molecule has 0 aliphatic heterocycles. The lowest BCUT2D eigenvalue weighted by atomic mass is 9.94. The fourth-order valence-electron chi connectivity index (χ4n) is 2.55. The van der Waals surface area contributed by atoms with E-state index in [1.807, 2.05) is 4.68 Å². The first-order valence-electron chi connectivity index (χ1n) is 6.69. The van der Waals surface area contributed by atoms with Gasteiger partial charge in [0.05, 0.1) is 0 Å². The molecule has 1 aromatic heterocycles. The molecule has 4 nitrogen and oxygen atoms in total. The van der Waals surface area contributed by atoms with Crippen LogP contribution in [0.1, 0.15) is 45.5 Å². The second kappa shape index (κ2) is 5.17. The van der Waals surface area contributed by atoms with Crippen molar-refractivity contribution in [3.05, 3.63) is 12.2 Å². The van der Waals surface area contributed by atoms with Crippen LogP contribution in [0.25, 0.3) is 0 Å². The molecule has 1 aromatic rings. The van der Waals surface area contributed by atoms with E-state index in [0.717, 1.165) is 24.1 Å². The SMILES string of the molecule is CNC(Cc1ncnn1C(C)C)C(C)C1CC1. The minimum atomic E-state index is 0.390. The van der Waals surface area contributed by atoms with Gasteiger partial charge in [0.25, 0.3) is 0 Å². The minimum absolute atomic E-state index is 0.390. The molecule has 1 fully saturated rings. The molecule has 0 radical (unpaired) electrons. The highest BCUT2D eigenvalue weighted by atomic mass is 15.3. The molecule has 1 aliphatic rings. The normalized spacial score (nSPS) is 19.6. The molecular formula is C13H24N4. The smallest absolute Gasteiger partial charge is 0.138 e. The lowest BCUT2D eigenvalue weighted by Crippen LogP contribution is -2.36. The van der Waals surface area contributed by atoms with Gasteiger partial charge < -0.3 is 5.32 Å². The van der Waals surface area contributed by atoms with Gasteiger partial charge in [0.15, 0.2) is 0 Å². The Balaban J connectivity index is 2.04. The number of rotatable bonds is 6. The van der Waals surface area contributed by atoms with Gasteiger partial charge in [-0.25, -0.2) is 9.67 Å². The Hall–Kier alpha value is -0.900. The van der Waals surface area contributed by atoms with Crippen molar-refractivity contribution in [1.82, 2.24) is 20.1 Å². The summed E-state index contributed by atoms with van der Waals surface area (Å²) in [7, 11) is 2.06. The molecule has 1 N–H and O–H groups in total. The van der Waals surface area contributed by atoms with Gasteiger partial charge in [-0.3, -0.25) is 0 Å². The first-order chi connectivity index (χ1) is 8.13. The molecule has 1 heterocycles. The summed E-state index contributed by atoms with van der Waals surface area (Å²) in [4.78, 5) is 4.40. The van der Waals surface area contributed by atoms with Crippen molar-refractivity contribution in [2.45, 2.75) is 52.1 Å². The summed E-state index contributed by atoms with van der Waals surface area (Å²) in [5.74, 6) is 2.76. The zero-order valence-electron chi connectivity index (χ0n) is 11.3. The average molecular weight is 236 g/mol. The van der Waals surface area contributed by atoms with Crippen LogP contribution in [0.5, 0.6) is 0 Å². The van der Waals surface area contributed by atoms with Crippen LogP contribution in [0.4, 0.5) is 0 Å². The summed E-state index contributed by atoms with van der Waals surface area (Å²) in [6, 6.07) is 0.908. The summed E-state index contributed by atoms with van der Waals surface area (Å²) in [5, 5.41) is 7.75. The van der Waals surface area contributed by atoms with Gasteiger partial charge in [-0.2, -0.15) is 5.10 Å². The van der Waals surface area contributed by atoms with Crippen molar-refractivity contribution < 1.29 is 0 Å². The van der Waals surface area contributed by atoms with Crippen LogP contribution in [0.3, 0.4) is 0 Å². The Morgan fingerprint density at radius 3 is 2.65 bits per heavy atom. The molecule has 17 heavy (non-hydrogen) atoms. The van der Waals surface area contributed by atoms with E-state index in [0.29, 0.717) is 12.1 Å². The number of nitrogens with zero attached hydrogens (tertiary/aromatic N) is 3. The number of aromatic nitrogens is 3. The highest BCUT2D eigenvalue weighted by molar-refractivity contribution is 4.95. The van der Waals surface area contributed by atoms with Crippen LogP contribution < -0.4 is 5.32 Å². The molecule has 0 aromatic carbocycles. The summed E-state index contributed by atoms with van der Waals surface area (Å²) in [6.45, 7) is 6.66. The van der Waals surface area contributed by atoms with Crippen molar-refractivity contribution in [2.75, 3.05) is 7.05 Å². The minimum Gasteiger partial charge on any atom is -0.316 e. The maximum Gasteiger partial charge on any atom is 0.138 e. The quantitative estimate of drug-likeness (QED) is 0.822. The standard InChI is InChI=1S/C13H24N4/c1-9(2)17-13(15-8-16-17)7-12(14-4)10(3)11-5-6-11/h8-12,14H,5-7H2,1-4H3. The van der Waals surface area contributed by atoms with Crippen LogP contribution >= 0.6 is 0 Å². The molecular weight excluding hydrogens is 212 g/mol. The molecule has 1 aliphatic carbocycles. The molecule has 0 saturated heterocycles. The van der Waals surface area contributed by atoms with Crippen LogP contribution in [0.2, 0.25) is 0 Å². The molecule has 0 bridgehead atoms. The summed E-state index contributed by atoms with van der Waals surface area (Å²) < 4.78 is 2.03. The van der Waals surface area contributed by atoms with Gasteiger partial charge in [0.1, 0.15) is 12.2 Å². The highest BCUT2D eigenvalue weighted by Gasteiger charge is 2.33. The molecule has 96 valence electrons. The predicted molar refractivity (Wildman–Crippen MR) is 68.8 cm³/mol. The first kappa shape index (κ1) is 12.6. The second-order valence-corrected chi connectivity index (χ2v) is 5.51. The molecule has 2 atom stereocenters. The van der Waals surface area contributed by atoms with E-state index >= 15 is 0 Å². The van der Waals surface area contributed by atoms with Crippen LogP contribution in [0.15, 0.2) is 6.33 Å². The molecule has 0 spiro atoms. The van der Waals surface area contributed by atoms with Crippen molar-refractivity contribution >= 4 is 0 Å². The lowest BCUT2D eigenvalue weighted by molar-refractivity contribution is 0.344. The average Bonchev–Trinajstić information content (AvgIpc) is 3.04. The van der Waals surface area contributed by atoms with E-state index in [-0.39, 0.29) is 0 Å². The zero-order chi connectivity index (χ0) is 12.4. The molecule has 2 unspecified atom stereocenters. The van der Waals surface area contributed by atoms with Gasteiger partial charge in [-0.05, 0) is 45.6 Å². The third-order valence-corrected chi connectivity index (χ3v) is 3.91. The highest BCUT2D eigenvalue weighted by Crippen LogP contribution is 2.38. The Morgan fingerprint density at radius 1 is 1.41 bits per heavy atom. The van der Waals surface area contributed by atoms with E-state index in [4.69, 9.17) is 0 Å². The van der Waals surface area contributed by atoms with Crippen LogP contribution in [-0.2, 0) is 6.42 Å². The van der Waals surface area contributed by atoms with E-state index in [1.165, 1.54) is 12.8 Å². The fourth-order valence-corrected chi connectivity index (χ4v) is 2.55. The van der Waals surface area contributed by atoms with E-state index < -0.39 is 0 Å². The molecule has 1 saturated carbocycles. The summed E-state index contributed by atoms with van der Waals surface area (Å²) >= 11 is 0. The topological polar surface area (TPSA) is 42.7 Å². The van der Waals surface area contributed by atoms with Gasteiger partial charge in [-0.15, -0.1) is 0 Å². The molecule has 2 rings (SSSR count). The maximum atomic E-state index is 4.40. The lowest BCUT2D eigenvalue weighted by Gasteiger charge is -2.23. The molecule has 4 heteroatoms. The Morgan fingerprint density at radius 2 is 2.12 bits per heavy atom. The second-order valence-electron chi connectivity index (χ2n) is 5.51. The monoisotopic (exact) mass is 236 g/mol. The van der Waals surface area contributed by atoms with Gasteiger partial charge in [-0.1, -0.05) is 6.92 Å². The Bertz CT molecular complexity index is 354. The van der Waals surface area contributed by atoms with Gasteiger partial charge >= 0.3 is 0 Å². The van der Waals surface area contributed by atoms with Crippen LogP contribution in [-0.4, -0.2) is 27.9 Å². The predicted octanol–water partition coefficient (Wildman–Crippen LogP) is 2.04. The van der Waals surface area contributed by atoms with E-state index in [9.17, 15) is 0 Å². The van der Waals surface area contributed by atoms with Crippen molar-refractivity contribution in [3.63, 3.8) is 0 Å². The first-order valence-corrected chi connectivity index (χ1v) is 6.69. The Labute approximate surface area is 104 Å². The van der Waals surface area contributed by atoms with E-state index in [1.54, 1.807) is 6.33 Å². The van der Waals surface area contributed by atoms with Crippen molar-refractivity contribution in [3.8, 4) is 0 Å². The summed E-state index contributed by atoms with van der Waals surface area (Å²) in [6.07, 6.45) is 5.45. The molecule has 0 amide bonds. The fraction of sp³-hybridized carbons (Fsp3) is 0.846. The largest absolute Gasteiger partial charge is 0.316 e. The summed E-state index contributed by atoms with van der Waals surface area (Å²) in [5.41, 5.74) is 0. The maximum absolute atomic E-state index is 4.40. The van der Waals surface area contributed by atoms with Gasteiger partial charge in [0.2, 0.25) is 0 Å². The number of likely N-dealkylation sites (N-methyl/N-ethyl adjacent to an activating group) is 1. The number of hydrogen-bond acceptors (Lipinski definition) is 3. The van der Waals surface area contributed by atoms with Crippen LogP contribution in [0, 0.1) is 11.8 Å². The van der Waals surface area contributed by atoms with Crippen molar-refractivity contribution in [2.24, 2.45) is 11.8 Å².